The molecule has 0 saturated heterocycles. The summed E-state index contributed by atoms with van der Waals surface area (Å²) >= 11 is 0. The molecule has 7 heteroatoms. The third-order valence-corrected chi connectivity index (χ3v) is 11.1. The van der Waals surface area contributed by atoms with Crippen LogP contribution >= 0.6 is 0 Å². The molecular formula is C50H31N7. The van der Waals surface area contributed by atoms with Gasteiger partial charge in [-0.25, -0.2) is 9.97 Å². The predicted octanol–water partition coefficient (Wildman–Crippen LogP) is 11.9. The van der Waals surface area contributed by atoms with Gasteiger partial charge in [-0.15, -0.1) is 0 Å². The van der Waals surface area contributed by atoms with E-state index < -0.39 is 0 Å². The number of hydrogen-bond donors (Lipinski definition) is 0. The molecule has 0 bridgehead atoms. The lowest BCUT2D eigenvalue weighted by molar-refractivity contribution is 0.945. The average molecular weight is 730 g/mol. The average Bonchev–Trinajstić information content (AvgIpc) is 3.93. The van der Waals surface area contributed by atoms with E-state index in [9.17, 15) is 0 Å². The molecule has 57 heavy (non-hydrogen) atoms. The Morgan fingerprint density at radius 2 is 0.772 bits per heavy atom. The summed E-state index contributed by atoms with van der Waals surface area (Å²) in [4.78, 5) is 21.1. The molecule has 266 valence electrons. The van der Waals surface area contributed by atoms with E-state index in [2.05, 4.69) is 159 Å². The third kappa shape index (κ3) is 4.72. The fourth-order valence-electron chi connectivity index (χ4n) is 8.69. The molecule has 0 aliphatic rings. The van der Waals surface area contributed by atoms with Gasteiger partial charge in [-0.3, -0.25) is 9.13 Å². The second-order valence-electron chi connectivity index (χ2n) is 14.3. The van der Waals surface area contributed by atoms with E-state index in [-0.39, 0.29) is 0 Å². The Labute approximate surface area is 326 Å². The van der Waals surface area contributed by atoms with Crippen molar-refractivity contribution in [2.45, 2.75) is 0 Å². The molecule has 0 amide bonds. The maximum Gasteiger partial charge on any atom is 0.238 e. The Morgan fingerprint density at radius 3 is 1.39 bits per heavy atom. The van der Waals surface area contributed by atoms with Crippen molar-refractivity contribution in [1.82, 2.24) is 33.6 Å². The van der Waals surface area contributed by atoms with E-state index in [0.29, 0.717) is 23.3 Å². The number of rotatable bonds is 5. The van der Waals surface area contributed by atoms with Crippen molar-refractivity contribution in [2.24, 2.45) is 0 Å². The maximum atomic E-state index is 5.34. The number of aromatic nitrogens is 7. The zero-order valence-electron chi connectivity index (χ0n) is 30.5. The zero-order chi connectivity index (χ0) is 37.5. The number of nitrogens with zero attached hydrogens (tertiary/aromatic N) is 7. The van der Waals surface area contributed by atoms with Crippen LogP contribution in [0.5, 0.6) is 0 Å². The Bertz CT molecular complexity index is 3470. The third-order valence-electron chi connectivity index (χ3n) is 11.1. The SMILES string of the molecule is c1ccc(-c2nc(-c3cccc(-n4c5ccccc5c5ccccc54)n3)nc(-n3c4ccccc4c4ccc5c6ccccc6n(-c6ccccc6)c5c43)n2)cc1. The molecule has 0 fully saturated rings. The summed E-state index contributed by atoms with van der Waals surface area (Å²) in [6.45, 7) is 0. The first-order valence-electron chi connectivity index (χ1n) is 19.1. The van der Waals surface area contributed by atoms with Crippen LogP contribution in [0.4, 0.5) is 0 Å². The highest BCUT2D eigenvalue weighted by atomic mass is 15.2. The van der Waals surface area contributed by atoms with Gasteiger partial charge in [0.25, 0.3) is 0 Å². The van der Waals surface area contributed by atoms with Crippen molar-refractivity contribution >= 4 is 65.4 Å². The standard InChI is InChI=1S/C50H31N7/c1-3-16-32(17-4-1)48-52-49(40-24-15-29-45(51-40)56-42-26-12-7-20-34(42)35-21-8-13-27-43(35)56)54-50(53-48)57-44-28-14-10-23-37(44)39-31-30-38-36-22-9-11-25-41(36)55(46(38)47(39)57)33-18-5-2-6-19-33/h1-31H. The minimum absolute atomic E-state index is 0.489. The van der Waals surface area contributed by atoms with Crippen molar-refractivity contribution < 1.29 is 0 Å². The second kappa shape index (κ2) is 12.3. The second-order valence-corrected chi connectivity index (χ2v) is 14.3. The lowest BCUT2D eigenvalue weighted by atomic mass is 10.1. The number of hydrogen-bond acceptors (Lipinski definition) is 4. The van der Waals surface area contributed by atoms with Crippen LogP contribution in [-0.4, -0.2) is 33.6 Å². The normalized spacial score (nSPS) is 11.9. The fourth-order valence-corrected chi connectivity index (χ4v) is 8.69. The minimum atomic E-state index is 0.489. The van der Waals surface area contributed by atoms with Crippen molar-refractivity contribution in [1.29, 1.82) is 0 Å². The monoisotopic (exact) mass is 729 g/mol. The van der Waals surface area contributed by atoms with Gasteiger partial charge < -0.3 is 4.57 Å². The summed E-state index contributed by atoms with van der Waals surface area (Å²) in [5.41, 5.74) is 9.07. The molecule has 7 nitrogen and oxygen atoms in total. The van der Waals surface area contributed by atoms with Crippen LogP contribution in [0.1, 0.15) is 0 Å². The van der Waals surface area contributed by atoms with Gasteiger partial charge in [0.2, 0.25) is 5.95 Å². The number of benzene rings is 7. The van der Waals surface area contributed by atoms with Gasteiger partial charge in [0.1, 0.15) is 11.5 Å². The van der Waals surface area contributed by atoms with Gasteiger partial charge in [0, 0.05) is 43.6 Å². The highest BCUT2D eigenvalue weighted by Gasteiger charge is 2.24. The number of pyridine rings is 1. The molecule has 0 spiro atoms. The van der Waals surface area contributed by atoms with Crippen LogP contribution in [0.2, 0.25) is 0 Å². The fraction of sp³-hybridized carbons (Fsp3) is 0. The number of fused-ring (bicyclic) bond motifs is 10. The van der Waals surface area contributed by atoms with Gasteiger partial charge >= 0.3 is 0 Å². The topological polar surface area (TPSA) is 66.3 Å². The van der Waals surface area contributed by atoms with E-state index in [0.717, 1.165) is 66.3 Å². The lowest BCUT2D eigenvalue weighted by Gasteiger charge is -2.13. The van der Waals surface area contributed by atoms with Crippen LogP contribution in [0, 0.1) is 0 Å². The Hall–Kier alpha value is -7.90. The van der Waals surface area contributed by atoms with E-state index in [1.54, 1.807) is 0 Å². The van der Waals surface area contributed by atoms with Gasteiger partial charge in [0.15, 0.2) is 11.6 Å². The van der Waals surface area contributed by atoms with Crippen molar-refractivity contribution in [3.8, 4) is 40.4 Å². The smallest absolute Gasteiger partial charge is 0.238 e. The maximum absolute atomic E-state index is 5.34. The van der Waals surface area contributed by atoms with Crippen molar-refractivity contribution in [3.05, 3.63) is 188 Å². The summed E-state index contributed by atoms with van der Waals surface area (Å²) in [5, 5.41) is 6.94. The van der Waals surface area contributed by atoms with E-state index >= 15 is 0 Å². The van der Waals surface area contributed by atoms with E-state index in [1.807, 2.05) is 42.5 Å². The van der Waals surface area contributed by atoms with Crippen LogP contribution in [-0.2, 0) is 0 Å². The van der Waals surface area contributed by atoms with Crippen molar-refractivity contribution in [2.75, 3.05) is 0 Å². The highest BCUT2D eigenvalue weighted by Crippen LogP contribution is 2.41. The molecule has 0 atom stereocenters. The van der Waals surface area contributed by atoms with Crippen LogP contribution in [0.15, 0.2) is 188 Å². The first-order valence-corrected chi connectivity index (χ1v) is 19.1. The van der Waals surface area contributed by atoms with Gasteiger partial charge in [-0.1, -0.05) is 140 Å². The number of para-hydroxylation sites is 5. The van der Waals surface area contributed by atoms with E-state index in [1.165, 1.54) is 16.2 Å². The molecule has 0 aliphatic carbocycles. The molecular weight excluding hydrogens is 699 g/mol. The summed E-state index contributed by atoms with van der Waals surface area (Å²) in [5.74, 6) is 2.37. The molecule has 0 aliphatic heterocycles. The first kappa shape index (κ1) is 31.5. The molecule has 0 saturated carbocycles. The largest absolute Gasteiger partial charge is 0.307 e. The molecule has 12 aromatic rings. The minimum Gasteiger partial charge on any atom is -0.307 e. The van der Waals surface area contributed by atoms with Gasteiger partial charge in [-0.2, -0.15) is 9.97 Å². The van der Waals surface area contributed by atoms with Gasteiger partial charge in [0.05, 0.1) is 33.1 Å². The molecule has 0 unspecified atom stereocenters. The molecule has 7 aromatic carbocycles. The summed E-state index contributed by atoms with van der Waals surface area (Å²) in [7, 11) is 0. The van der Waals surface area contributed by atoms with E-state index in [4.69, 9.17) is 19.9 Å². The quantitative estimate of drug-likeness (QED) is 0.177. The Balaban J connectivity index is 1.17. The van der Waals surface area contributed by atoms with Crippen LogP contribution < -0.4 is 0 Å². The summed E-state index contributed by atoms with van der Waals surface area (Å²) in [6, 6.07) is 65.4. The predicted molar refractivity (Wildman–Crippen MR) is 232 cm³/mol. The van der Waals surface area contributed by atoms with Gasteiger partial charge in [-0.05, 0) is 48.5 Å². The highest BCUT2D eigenvalue weighted by molar-refractivity contribution is 6.23. The summed E-state index contributed by atoms with van der Waals surface area (Å²) < 4.78 is 6.82. The molecule has 5 aromatic heterocycles. The first-order chi connectivity index (χ1) is 28.3. The van der Waals surface area contributed by atoms with Crippen molar-refractivity contribution in [3.63, 3.8) is 0 Å². The molecule has 0 radical (unpaired) electrons. The zero-order valence-corrected chi connectivity index (χ0v) is 30.5. The Morgan fingerprint density at radius 1 is 0.298 bits per heavy atom. The molecule has 5 heterocycles. The van der Waals surface area contributed by atoms with Crippen LogP contribution in [0.25, 0.3) is 106 Å². The van der Waals surface area contributed by atoms with Crippen LogP contribution in [0.3, 0.4) is 0 Å². The molecule has 12 rings (SSSR count). The Kier molecular flexibility index (Phi) is 6.79. The lowest BCUT2D eigenvalue weighted by Crippen LogP contribution is -2.08. The summed E-state index contributed by atoms with van der Waals surface area (Å²) in [6.07, 6.45) is 0. The molecule has 0 N–H and O–H groups in total.